The number of carbonyl (C=O) groups excluding carboxylic acids is 1. The van der Waals surface area contributed by atoms with Crippen molar-refractivity contribution in [2.24, 2.45) is 39.4 Å². The molecular formula is C30H46O3. The van der Waals surface area contributed by atoms with Crippen LogP contribution in [0.5, 0.6) is 0 Å². The maximum Gasteiger partial charge on any atom is 0.138 e. The smallest absolute Gasteiger partial charge is 0.138 e. The third-order valence-corrected chi connectivity index (χ3v) is 11.0. The van der Waals surface area contributed by atoms with Gasteiger partial charge in [0.15, 0.2) is 0 Å². The molecule has 0 aromatic heterocycles. The second-order valence-corrected chi connectivity index (χ2v) is 13.1. The molecule has 0 bridgehead atoms. The Labute approximate surface area is 201 Å². The molecule has 0 aromatic carbocycles. The minimum absolute atomic E-state index is 0.0104. The van der Waals surface area contributed by atoms with E-state index in [1.54, 1.807) is 0 Å². The molecule has 0 spiro atoms. The molecule has 0 saturated heterocycles. The summed E-state index contributed by atoms with van der Waals surface area (Å²) in [5, 5.41) is 22.0. The van der Waals surface area contributed by atoms with Crippen molar-refractivity contribution in [3.8, 4) is 0 Å². The van der Waals surface area contributed by atoms with Crippen LogP contribution in [0.3, 0.4) is 0 Å². The quantitative estimate of drug-likeness (QED) is 0.472. The SMILES string of the molecule is CC(C)=CCCC(CO)C1CC(O)C2(C)C3=CCC4C(C)(C)C(=O)CCC4(C)C3=CCC12C. The number of hydrogen-bond donors (Lipinski definition) is 2. The lowest BCUT2D eigenvalue weighted by molar-refractivity contribution is -0.138. The number of hydrogen-bond acceptors (Lipinski definition) is 3. The minimum atomic E-state index is -0.404. The zero-order valence-electron chi connectivity index (χ0n) is 22.0. The molecule has 3 nitrogen and oxygen atoms in total. The molecule has 7 atom stereocenters. The minimum Gasteiger partial charge on any atom is -0.396 e. The van der Waals surface area contributed by atoms with E-state index in [4.69, 9.17) is 0 Å². The zero-order chi connectivity index (χ0) is 24.4. The highest BCUT2D eigenvalue weighted by atomic mass is 16.3. The first-order valence-corrected chi connectivity index (χ1v) is 13.2. The van der Waals surface area contributed by atoms with Crippen molar-refractivity contribution < 1.29 is 15.0 Å². The molecule has 0 amide bonds. The summed E-state index contributed by atoms with van der Waals surface area (Å²) in [4.78, 5) is 12.8. The van der Waals surface area contributed by atoms with Gasteiger partial charge < -0.3 is 10.2 Å². The van der Waals surface area contributed by atoms with Gasteiger partial charge in [-0.3, -0.25) is 4.79 Å². The predicted molar refractivity (Wildman–Crippen MR) is 135 cm³/mol. The van der Waals surface area contributed by atoms with Crippen LogP contribution in [0.1, 0.15) is 93.4 Å². The average molecular weight is 455 g/mol. The fourth-order valence-electron chi connectivity index (χ4n) is 8.61. The highest BCUT2D eigenvalue weighted by molar-refractivity contribution is 5.86. The summed E-state index contributed by atoms with van der Waals surface area (Å²) in [5.74, 6) is 1.22. The number of carbonyl (C=O) groups is 1. The van der Waals surface area contributed by atoms with Gasteiger partial charge in [0.1, 0.15) is 5.78 Å². The van der Waals surface area contributed by atoms with Crippen LogP contribution in [0.25, 0.3) is 0 Å². The third kappa shape index (κ3) is 3.39. The van der Waals surface area contributed by atoms with Crippen LogP contribution in [0.15, 0.2) is 34.9 Å². The molecular weight excluding hydrogens is 408 g/mol. The molecule has 0 aromatic rings. The average Bonchev–Trinajstić information content (AvgIpc) is 2.95. The third-order valence-electron chi connectivity index (χ3n) is 11.0. The first-order valence-electron chi connectivity index (χ1n) is 13.2. The van der Waals surface area contributed by atoms with Gasteiger partial charge in [0.25, 0.3) is 0 Å². The van der Waals surface area contributed by atoms with Gasteiger partial charge in [-0.2, -0.15) is 0 Å². The summed E-state index contributed by atoms with van der Waals surface area (Å²) in [6, 6.07) is 0. The number of Topliss-reactive ketones (excluding diaryl/α,β-unsaturated/α-hetero) is 1. The Morgan fingerprint density at radius 1 is 1.15 bits per heavy atom. The van der Waals surface area contributed by atoms with E-state index in [1.165, 1.54) is 16.7 Å². The van der Waals surface area contributed by atoms with Crippen LogP contribution < -0.4 is 0 Å². The van der Waals surface area contributed by atoms with Crippen LogP contribution in [-0.2, 0) is 4.79 Å². The lowest BCUT2D eigenvalue weighted by Crippen LogP contribution is -2.54. The van der Waals surface area contributed by atoms with Crippen molar-refractivity contribution in [2.45, 2.75) is 99.5 Å². The van der Waals surface area contributed by atoms with E-state index >= 15 is 0 Å². The second-order valence-electron chi connectivity index (χ2n) is 13.1. The van der Waals surface area contributed by atoms with Crippen molar-refractivity contribution in [3.05, 3.63) is 34.9 Å². The van der Waals surface area contributed by atoms with Crippen LogP contribution in [0.2, 0.25) is 0 Å². The molecule has 2 saturated carbocycles. The highest BCUT2D eigenvalue weighted by Crippen LogP contribution is 2.71. The van der Waals surface area contributed by atoms with E-state index in [-0.39, 0.29) is 34.2 Å². The Morgan fingerprint density at radius 3 is 2.48 bits per heavy atom. The summed E-state index contributed by atoms with van der Waals surface area (Å²) in [5.41, 5.74) is 3.36. The lowest BCUT2D eigenvalue weighted by atomic mass is 9.44. The number of rotatable bonds is 5. The van der Waals surface area contributed by atoms with Crippen molar-refractivity contribution in [3.63, 3.8) is 0 Å². The number of aliphatic hydroxyl groups is 2. The van der Waals surface area contributed by atoms with Crippen LogP contribution >= 0.6 is 0 Å². The maximum absolute atomic E-state index is 12.8. The van der Waals surface area contributed by atoms with E-state index in [1.807, 2.05) is 0 Å². The first kappa shape index (κ1) is 24.9. The normalized spacial score (nSPS) is 42.5. The van der Waals surface area contributed by atoms with Crippen molar-refractivity contribution >= 4 is 5.78 Å². The summed E-state index contributed by atoms with van der Waals surface area (Å²) in [6.45, 7) is 15.8. The first-order chi connectivity index (χ1) is 15.3. The number of aliphatic hydroxyl groups excluding tert-OH is 2. The van der Waals surface area contributed by atoms with Crippen molar-refractivity contribution in [1.82, 2.24) is 0 Å². The fourth-order valence-corrected chi connectivity index (χ4v) is 8.61. The molecule has 0 radical (unpaired) electrons. The summed E-state index contributed by atoms with van der Waals surface area (Å²) < 4.78 is 0. The molecule has 3 heteroatoms. The number of ketones is 1. The van der Waals surface area contributed by atoms with Crippen molar-refractivity contribution in [2.75, 3.05) is 6.61 Å². The predicted octanol–water partition coefficient (Wildman–Crippen LogP) is 6.41. The Kier molecular flexibility index (Phi) is 6.19. The van der Waals surface area contributed by atoms with E-state index < -0.39 is 6.10 Å². The molecule has 0 aliphatic heterocycles. The Hall–Kier alpha value is -1.19. The Balaban J connectivity index is 1.73. The number of allylic oxidation sites excluding steroid dienone is 5. The molecule has 2 fully saturated rings. The van der Waals surface area contributed by atoms with Crippen LogP contribution in [0, 0.1) is 39.4 Å². The molecule has 7 unspecified atom stereocenters. The fraction of sp³-hybridized carbons (Fsp3) is 0.767. The summed E-state index contributed by atoms with van der Waals surface area (Å²) >= 11 is 0. The number of fused-ring (bicyclic) bond motifs is 5. The van der Waals surface area contributed by atoms with Gasteiger partial charge in [-0.1, -0.05) is 58.4 Å². The van der Waals surface area contributed by atoms with Gasteiger partial charge in [0.2, 0.25) is 0 Å². The monoisotopic (exact) mass is 454 g/mol. The van der Waals surface area contributed by atoms with Gasteiger partial charge >= 0.3 is 0 Å². The van der Waals surface area contributed by atoms with Gasteiger partial charge in [-0.15, -0.1) is 0 Å². The van der Waals surface area contributed by atoms with Crippen LogP contribution in [-0.4, -0.2) is 28.7 Å². The zero-order valence-corrected chi connectivity index (χ0v) is 22.0. The molecule has 4 aliphatic carbocycles. The molecule has 33 heavy (non-hydrogen) atoms. The van der Waals surface area contributed by atoms with E-state index in [9.17, 15) is 15.0 Å². The molecule has 2 N–H and O–H groups in total. The Bertz CT molecular complexity index is 904. The van der Waals surface area contributed by atoms with Gasteiger partial charge in [-0.25, -0.2) is 0 Å². The second kappa shape index (κ2) is 8.19. The van der Waals surface area contributed by atoms with Gasteiger partial charge in [0, 0.05) is 23.9 Å². The largest absolute Gasteiger partial charge is 0.396 e. The highest BCUT2D eigenvalue weighted by Gasteiger charge is 2.66. The van der Waals surface area contributed by atoms with E-state index in [2.05, 4.69) is 66.7 Å². The topological polar surface area (TPSA) is 57.5 Å². The lowest BCUT2D eigenvalue weighted by Gasteiger charge is -2.60. The molecule has 0 heterocycles. The maximum atomic E-state index is 12.8. The van der Waals surface area contributed by atoms with E-state index in [0.717, 1.165) is 38.5 Å². The summed E-state index contributed by atoms with van der Waals surface area (Å²) in [7, 11) is 0. The van der Waals surface area contributed by atoms with Crippen LogP contribution in [0.4, 0.5) is 0 Å². The van der Waals surface area contributed by atoms with Crippen molar-refractivity contribution in [1.29, 1.82) is 0 Å². The molecule has 184 valence electrons. The summed E-state index contributed by atoms with van der Waals surface area (Å²) in [6.07, 6.45) is 12.9. The van der Waals surface area contributed by atoms with Gasteiger partial charge in [0.05, 0.1) is 6.10 Å². The van der Waals surface area contributed by atoms with E-state index in [0.29, 0.717) is 24.0 Å². The molecule has 4 aliphatic rings. The Morgan fingerprint density at radius 2 is 1.85 bits per heavy atom. The molecule has 4 rings (SSSR count). The standard InChI is InChI=1S/C30H46O3/c1-19(2)9-8-10-20(18-31)23-17-26(33)30(7)22-11-12-24-27(3,4)25(32)14-15-28(24,5)21(22)13-16-29(23,30)6/h9,11,13,20,23-24,26,31,33H,8,10,12,14-18H2,1-7H3. The van der Waals surface area contributed by atoms with Gasteiger partial charge in [-0.05, 0) is 92.1 Å².